The third-order valence-corrected chi connectivity index (χ3v) is 3.18. The number of hydrogen-bond donors (Lipinski definition) is 3. The zero-order valence-corrected chi connectivity index (χ0v) is 11.2. The molecule has 3 N–H and O–H groups in total. The van der Waals surface area contributed by atoms with Crippen LogP contribution in [0.1, 0.15) is 39.5 Å². The zero-order chi connectivity index (χ0) is 14.6. The number of imide groups is 1. The normalized spacial score (nSPS) is 24.5. The molecule has 0 bridgehead atoms. The maximum Gasteiger partial charge on any atom is 0.325 e. The molecule has 1 aliphatic heterocycles. The molecule has 0 aromatic carbocycles. The Hall–Kier alpha value is -1.63. The van der Waals surface area contributed by atoms with E-state index in [1.165, 1.54) is 0 Å². The number of hydrogen-bond acceptors (Lipinski definition) is 4. The first-order valence-electron chi connectivity index (χ1n) is 6.34. The first kappa shape index (κ1) is 15.4. The summed E-state index contributed by atoms with van der Waals surface area (Å²) in [6.45, 7) is 3.34. The summed E-state index contributed by atoms with van der Waals surface area (Å²) in [5, 5.41) is 20.7. The van der Waals surface area contributed by atoms with Crippen LogP contribution in [0.5, 0.6) is 0 Å². The van der Waals surface area contributed by atoms with E-state index in [4.69, 9.17) is 5.11 Å². The van der Waals surface area contributed by atoms with E-state index < -0.39 is 36.0 Å². The Kier molecular flexibility index (Phi) is 4.88. The van der Waals surface area contributed by atoms with Crippen LogP contribution < -0.4 is 5.32 Å². The van der Waals surface area contributed by atoms with Gasteiger partial charge in [0, 0.05) is 0 Å². The molecule has 1 heterocycles. The van der Waals surface area contributed by atoms with Gasteiger partial charge in [-0.15, -0.1) is 0 Å². The minimum atomic E-state index is -1.25. The van der Waals surface area contributed by atoms with Crippen molar-refractivity contribution < 1.29 is 24.6 Å². The molecule has 7 heteroatoms. The molecule has 0 aliphatic carbocycles. The van der Waals surface area contributed by atoms with E-state index in [9.17, 15) is 19.5 Å². The molecule has 0 radical (unpaired) electrons. The summed E-state index contributed by atoms with van der Waals surface area (Å²) < 4.78 is 0. The second-order valence-electron chi connectivity index (χ2n) is 5.03. The predicted molar refractivity (Wildman–Crippen MR) is 66.4 cm³/mol. The van der Waals surface area contributed by atoms with Crippen molar-refractivity contribution in [2.24, 2.45) is 0 Å². The summed E-state index contributed by atoms with van der Waals surface area (Å²) in [5.74, 6) is -1.58. The van der Waals surface area contributed by atoms with Crippen LogP contribution in [0.25, 0.3) is 0 Å². The highest BCUT2D eigenvalue weighted by Gasteiger charge is 2.47. The number of nitrogens with zero attached hydrogens (tertiary/aromatic N) is 1. The standard InChI is InChI=1S/C12H20N2O5/c1-3-4-5-12(2)10(18)14(11(19)13-12)7-8(15)6-9(16)17/h8,15H,3-7H2,1-2H3,(H,13,19)(H,16,17). The number of carboxylic acid groups (broad SMARTS) is 1. The number of rotatable bonds is 7. The van der Waals surface area contributed by atoms with Crippen LogP contribution in [0.3, 0.4) is 0 Å². The van der Waals surface area contributed by atoms with Crippen LogP contribution in [0.2, 0.25) is 0 Å². The van der Waals surface area contributed by atoms with Gasteiger partial charge in [0.1, 0.15) is 5.54 Å². The number of amides is 3. The van der Waals surface area contributed by atoms with Gasteiger partial charge in [0.05, 0.1) is 19.1 Å². The minimum Gasteiger partial charge on any atom is -0.481 e. The van der Waals surface area contributed by atoms with Crippen molar-refractivity contribution in [2.75, 3.05) is 6.54 Å². The van der Waals surface area contributed by atoms with Crippen molar-refractivity contribution in [3.63, 3.8) is 0 Å². The summed E-state index contributed by atoms with van der Waals surface area (Å²) in [7, 11) is 0. The van der Waals surface area contributed by atoms with E-state index in [-0.39, 0.29) is 6.54 Å². The minimum absolute atomic E-state index is 0.293. The fourth-order valence-electron chi connectivity index (χ4n) is 2.09. The molecule has 2 atom stereocenters. The second kappa shape index (κ2) is 6.01. The van der Waals surface area contributed by atoms with E-state index >= 15 is 0 Å². The van der Waals surface area contributed by atoms with Gasteiger partial charge in [0.15, 0.2) is 0 Å². The SMILES string of the molecule is CCCCC1(C)NC(=O)N(CC(O)CC(=O)O)C1=O. The van der Waals surface area contributed by atoms with Gasteiger partial charge in [0.25, 0.3) is 5.91 Å². The molecule has 1 fully saturated rings. The zero-order valence-electron chi connectivity index (χ0n) is 11.2. The molecule has 1 aliphatic rings. The Morgan fingerprint density at radius 1 is 1.47 bits per heavy atom. The lowest BCUT2D eigenvalue weighted by Crippen LogP contribution is -2.44. The average molecular weight is 272 g/mol. The Balaban J connectivity index is 2.68. The van der Waals surface area contributed by atoms with E-state index in [1.54, 1.807) is 6.92 Å². The summed E-state index contributed by atoms with van der Waals surface area (Å²) in [4.78, 5) is 35.2. The van der Waals surface area contributed by atoms with Crippen LogP contribution in [0.4, 0.5) is 4.79 Å². The van der Waals surface area contributed by atoms with Crippen molar-refractivity contribution in [1.82, 2.24) is 10.2 Å². The van der Waals surface area contributed by atoms with E-state index in [1.807, 2.05) is 6.92 Å². The molecule has 0 aromatic heterocycles. The average Bonchev–Trinajstić information content (AvgIpc) is 2.50. The van der Waals surface area contributed by atoms with Gasteiger partial charge in [-0.3, -0.25) is 14.5 Å². The largest absolute Gasteiger partial charge is 0.481 e. The van der Waals surface area contributed by atoms with Crippen molar-refractivity contribution in [1.29, 1.82) is 0 Å². The van der Waals surface area contributed by atoms with Gasteiger partial charge < -0.3 is 15.5 Å². The number of β-amino-alcohol motifs (C(OH)–C–C–N with tert-alkyl or cyclic N) is 1. The quantitative estimate of drug-likeness (QED) is 0.579. The van der Waals surface area contributed by atoms with Crippen LogP contribution in [-0.4, -0.2) is 51.2 Å². The molecular weight excluding hydrogens is 252 g/mol. The molecule has 0 aromatic rings. The van der Waals surface area contributed by atoms with Crippen LogP contribution in [0.15, 0.2) is 0 Å². The van der Waals surface area contributed by atoms with E-state index in [0.29, 0.717) is 6.42 Å². The molecular formula is C12H20N2O5. The summed E-state index contributed by atoms with van der Waals surface area (Å²) in [5.41, 5.74) is -0.948. The Morgan fingerprint density at radius 3 is 2.63 bits per heavy atom. The number of unbranched alkanes of at least 4 members (excludes halogenated alkanes) is 1. The van der Waals surface area contributed by atoms with Crippen LogP contribution in [-0.2, 0) is 9.59 Å². The molecule has 2 unspecified atom stereocenters. The Morgan fingerprint density at radius 2 is 2.11 bits per heavy atom. The van der Waals surface area contributed by atoms with Gasteiger partial charge in [-0.2, -0.15) is 0 Å². The smallest absolute Gasteiger partial charge is 0.325 e. The second-order valence-corrected chi connectivity index (χ2v) is 5.03. The molecule has 19 heavy (non-hydrogen) atoms. The summed E-state index contributed by atoms with van der Waals surface area (Å²) in [6.07, 6.45) is 0.484. The molecule has 0 spiro atoms. The number of carboxylic acids is 1. The maximum atomic E-state index is 12.1. The van der Waals surface area contributed by atoms with Crippen molar-refractivity contribution in [2.45, 2.75) is 51.2 Å². The molecule has 1 saturated heterocycles. The highest BCUT2D eigenvalue weighted by Crippen LogP contribution is 2.23. The van der Waals surface area contributed by atoms with Crippen molar-refractivity contribution >= 4 is 17.9 Å². The monoisotopic (exact) mass is 272 g/mol. The molecule has 3 amide bonds. The van der Waals surface area contributed by atoms with Crippen LogP contribution >= 0.6 is 0 Å². The third kappa shape index (κ3) is 3.66. The third-order valence-electron chi connectivity index (χ3n) is 3.18. The first-order chi connectivity index (χ1) is 8.80. The molecule has 108 valence electrons. The van der Waals surface area contributed by atoms with Gasteiger partial charge in [-0.25, -0.2) is 4.79 Å². The summed E-state index contributed by atoms with van der Waals surface area (Å²) in [6, 6.07) is -0.576. The number of nitrogens with one attached hydrogen (secondary N) is 1. The number of urea groups is 1. The number of aliphatic hydroxyl groups is 1. The number of aliphatic hydroxyl groups excluding tert-OH is 1. The van der Waals surface area contributed by atoms with E-state index in [0.717, 1.165) is 17.7 Å². The van der Waals surface area contributed by atoms with Gasteiger partial charge in [-0.05, 0) is 13.3 Å². The maximum absolute atomic E-state index is 12.1. The highest BCUT2D eigenvalue weighted by atomic mass is 16.4. The van der Waals surface area contributed by atoms with Crippen LogP contribution in [0, 0.1) is 0 Å². The predicted octanol–water partition coefficient (Wildman–Crippen LogP) is 0.323. The fourth-order valence-corrected chi connectivity index (χ4v) is 2.09. The van der Waals surface area contributed by atoms with Gasteiger partial charge in [0.2, 0.25) is 0 Å². The first-order valence-corrected chi connectivity index (χ1v) is 6.34. The molecule has 1 rings (SSSR count). The van der Waals surface area contributed by atoms with Crippen molar-refractivity contribution in [3.8, 4) is 0 Å². The fraction of sp³-hybridized carbons (Fsp3) is 0.750. The Bertz CT molecular complexity index is 384. The lowest BCUT2D eigenvalue weighted by molar-refractivity contribution is -0.140. The topological polar surface area (TPSA) is 107 Å². The summed E-state index contributed by atoms with van der Waals surface area (Å²) >= 11 is 0. The van der Waals surface area contributed by atoms with Gasteiger partial charge >= 0.3 is 12.0 Å². The highest BCUT2D eigenvalue weighted by molar-refractivity contribution is 6.06. The number of aliphatic carboxylic acids is 1. The number of carbonyl (C=O) groups excluding carboxylic acids is 2. The molecule has 0 saturated carbocycles. The van der Waals surface area contributed by atoms with Crippen molar-refractivity contribution in [3.05, 3.63) is 0 Å². The lowest BCUT2D eigenvalue weighted by atomic mass is 9.95. The molecule has 7 nitrogen and oxygen atoms in total. The Labute approximate surface area is 111 Å². The lowest BCUT2D eigenvalue weighted by Gasteiger charge is -2.22. The van der Waals surface area contributed by atoms with Gasteiger partial charge in [-0.1, -0.05) is 19.8 Å². The van der Waals surface area contributed by atoms with E-state index in [2.05, 4.69) is 5.32 Å². The number of carbonyl (C=O) groups is 3.